The van der Waals surface area contributed by atoms with Crippen molar-refractivity contribution in [2.24, 2.45) is 4.99 Å². The molecule has 3 nitrogen and oxygen atoms in total. The van der Waals surface area contributed by atoms with E-state index in [9.17, 15) is 4.79 Å². The van der Waals surface area contributed by atoms with E-state index in [1.54, 1.807) is 0 Å². The summed E-state index contributed by atoms with van der Waals surface area (Å²) in [6.45, 7) is 7.51. The Morgan fingerprint density at radius 1 is 1.47 bits per heavy atom. The molecule has 17 heavy (non-hydrogen) atoms. The maximum Gasteiger partial charge on any atom is 0.212 e. The first-order valence-corrected chi connectivity index (χ1v) is 5.51. The van der Waals surface area contributed by atoms with E-state index in [2.05, 4.69) is 11.6 Å². The summed E-state index contributed by atoms with van der Waals surface area (Å²) in [6.07, 6.45) is 0.212. The number of carbonyl (C=O) groups excluding carboxylic acids is 1. The van der Waals surface area contributed by atoms with E-state index in [0.717, 1.165) is 17.4 Å². The smallest absolute Gasteiger partial charge is 0.212 e. The first-order valence-electron chi connectivity index (χ1n) is 5.51. The number of nitrogens with zero attached hydrogens (tertiary/aromatic N) is 1. The highest BCUT2D eigenvalue weighted by molar-refractivity contribution is 5.95. The first-order chi connectivity index (χ1) is 8.08. The molecule has 1 aromatic rings. The predicted octanol–water partition coefficient (Wildman–Crippen LogP) is 2.47. The van der Waals surface area contributed by atoms with Crippen molar-refractivity contribution in [2.75, 3.05) is 0 Å². The van der Waals surface area contributed by atoms with Gasteiger partial charge < -0.3 is 4.74 Å². The van der Waals surface area contributed by atoms with Gasteiger partial charge in [-0.25, -0.2) is 4.99 Å². The number of rotatable bonds is 3. The number of hydrogen-bond donors (Lipinski definition) is 0. The van der Waals surface area contributed by atoms with Crippen LogP contribution in [0.5, 0.6) is 0 Å². The Labute approximate surface area is 101 Å². The molecule has 2 atom stereocenters. The number of carbonyl (C=O) groups is 1. The van der Waals surface area contributed by atoms with Gasteiger partial charge in [-0.3, -0.25) is 4.79 Å². The molecule has 0 fully saturated rings. The van der Waals surface area contributed by atoms with Gasteiger partial charge >= 0.3 is 0 Å². The van der Waals surface area contributed by atoms with E-state index >= 15 is 0 Å². The van der Waals surface area contributed by atoms with Crippen molar-refractivity contribution in [1.29, 1.82) is 0 Å². The van der Waals surface area contributed by atoms with Crippen molar-refractivity contribution in [1.82, 2.24) is 0 Å². The highest BCUT2D eigenvalue weighted by atomic mass is 16.5. The Kier molecular flexibility index (Phi) is 2.84. The summed E-state index contributed by atoms with van der Waals surface area (Å²) in [6, 6.07) is 9.69. The van der Waals surface area contributed by atoms with Gasteiger partial charge in [0, 0.05) is 5.57 Å². The lowest BCUT2D eigenvalue weighted by molar-refractivity contribution is -0.115. The molecule has 0 spiro atoms. The molecular formula is C14H15NO2. The van der Waals surface area contributed by atoms with Crippen LogP contribution in [-0.4, -0.2) is 18.3 Å². The molecule has 3 heteroatoms. The molecule has 0 amide bonds. The molecule has 0 saturated heterocycles. The third kappa shape index (κ3) is 1.88. The molecule has 1 aliphatic heterocycles. The molecule has 1 aliphatic rings. The largest absolute Gasteiger partial charge is 0.464 e. The van der Waals surface area contributed by atoms with E-state index in [1.807, 2.05) is 44.2 Å². The number of aldehydes is 1. The summed E-state index contributed by atoms with van der Waals surface area (Å²) < 4.78 is 5.52. The van der Waals surface area contributed by atoms with Gasteiger partial charge in [0.15, 0.2) is 12.4 Å². The van der Waals surface area contributed by atoms with E-state index < -0.39 is 11.6 Å². The van der Waals surface area contributed by atoms with E-state index in [4.69, 9.17) is 4.74 Å². The lowest BCUT2D eigenvalue weighted by Gasteiger charge is -2.23. The molecule has 0 aliphatic carbocycles. The van der Waals surface area contributed by atoms with Gasteiger partial charge in [-0.05, 0) is 19.4 Å². The monoisotopic (exact) mass is 229 g/mol. The fourth-order valence-corrected chi connectivity index (χ4v) is 1.90. The Hall–Kier alpha value is -1.90. The van der Waals surface area contributed by atoms with Gasteiger partial charge in [0.1, 0.15) is 5.54 Å². The van der Waals surface area contributed by atoms with Crippen molar-refractivity contribution in [2.45, 2.75) is 25.5 Å². The van der Waals surface area contributed by atoms with Crippen LogP contribution in [-0.2, 0) is 15.1 Å². The Bertz CT molecular complexity index is 478. The lowest BCUT2D eigenvalue weighted by atomic mass is 9.88. The van der Waals surface area contributed by atoms with Gasteiger partial charge in [-0.15, -0.1) is 0 Å². The van der Waals surface area contributed by atoms with Crippen molar-refractivity contribution in [3.8, 4) is 0 Å². The zero-order valence-corrected chi connectivity index (χ0v) is 10.0. The number of hydrogen-bond acceptors (Lipinski definition) is 3. The summed E-state index contributed by atoms with van der Waals surface area (Å²) in [5.74, 6) is 0.466. The molecule has 0 bridgehead atoms. The molecular weight excluding hydrogens is 214 g/mol. The zero-order valence-electron chi connectivity index (χ0n) is 10.0. The average Bonchev–Trinajstić information content (AvgIpc) is 2.69. The zero-order chi connectivity index (χ0) is 12.5. The van der Waals surface area contributed by atoms with Crippen LogP contribution in [0, 0.1) is 0 Å². The van der Waals surface area contributed by atoms with E-state index in [0.29, 0.717) is 5.90 Å². The summed E-state index contributed by atoms with van der Waals surface area (Å²) in [5, 5.41) is 0. The maximum atomic E-state index is 11.1. The first kappa shape index (κ1) is 11.6. The quantitative estimate of drug-likeness (QED) is 0.747. The summed E-state index contributed by atoms with van der Waals surface area (Å²) in [7, 11) is 0. The van der Waals surface area contributed by atoms with Crippen LogP contribution >= 0.6 is 0 Å². The van der Waals surface area contributed by atoms with Crippen LogP contribution in [0.1, 0.15) is 19.4 Å². The topological polar surface area (TPSA) is 38.7 Å². The van der Waals surface area contributed by atoms with Crippen LogP contribution in [0.25, 0.3) is 0 Å². The van der Waals surface area contributed by atoms with Crippen molar-refractivity contribution >= 4 is 12.2 Å². The molecule has 2 rings (SSSR count). The Morgan fingerprint density at radius 2 is 2.12 bits per heavy atom. The second-order valence-electron chi connectivity index (χ2n) is 4.39. The minimum absolute atomic E-state index is 0.466. The third-order valence-electron chi connectivity index (χ3n) is 2.97. The van der Waals surface area contributed by atoms with Crippen LogP contribution in [0.3, 0.4) is 0 Å². The lowest BCUT2D eigenvalue weighted by Crippen LogP contribution is -2.33. The molecule has 0 saturated carbocycles. The normalized spacial score (nSPS) is 27.2. The van der Waals surface area contributed by atoms with E-state index in [1.165, 1.54) is 0 Å². The Morgan fingerprint density at radius 3 is 2.65 bits per heavy atom. The molecule has 2 unspecified atom stereocenters. The fraction of sp³-hybridized carbons (Fsp3) is 0.286. The third-order valence-corrected chi connectivity index (χ3v) is 2.97. The van der Waals surface area contributed by atoms with Gasteiger partial charge in [-0.1, -0.05) is 36.9 Å². The molecule has 0 radical (unpaired) electrons. The van der Waals surface area contributed by atoms with Gasteiger partial charge in [0.2, 0.25) is 5.90 Å². The van der Waals surface area contributed by atoms with Crippen LogP contribution in [0.15, 0.2) is 47.5 Å². The number of benzene rings is 1. The summed E-state index contributed by atoms with van der Waals surface area (Å²) >= 11 is 0. The second kappa shape index (κ2) is 4.17. The summed E-state index contributed by atoms with van der Waals surface area (Å²) in [5.41, 5.74) is 1.04. The minimum atomic E-state index is -0.655. The second-order valence-corrected chi connectivity index (χ2v) is 4.39. The molecule has 88 valence electrons. The van der Waals surface area contributed by atoms with Gasteiger partial charge in [0.25, 0.3) is 0 Å². The Balaban J connectivity index is 2.47. The van der Waals surface area contributed by atoms with Crippen LogP contribution in [0.2, 0.25) is 0 Å². The van der Waals surface area contributed by atoms with Crippen molar-refractivity contribution in [3.63, 3.8) is 0 Å². The molecule has 0 aromatic heterocycles. The standard InChI is InChI=1S/C14H15NO2/c1-10(2)13-15-14(3,12(9-16)17-13)11-7-5-4-6-8-11/h4-9,12H,1H2,2-3H3. The highest BCUT2D eigenvalue weighted by Gasteiger charge is 2.43. The number of ether oxygens (including phenoxy) is 1. The van der Waals surface area contributed by atoms with Crippen molar-refractivity contribution < 1.29 is 9.53 Å². The molecule has 1 aromatic carbocycles. The minimum Gasteiger partial charge on any atom is -0.464 e. The van der Waals surface area contributed by atoms with Crippen LogP contribution in [0.4, 0.5) is 0 Å². The van der Waals surface area contributed by atoms with E-state index in [-0.39, 0.29) is 0 Å². The average molecular weight is 229 g/mol. The highest BCUT2D eigenvalue weighted by Crippen LogP contribution is 2.36. The van der Waals surface area contributed by atoms with Crippen LogP contribution < -0.4 is 0 Å². The SMILES string of the molecule is C=C(C)C1=NC(C)(c2ccccc2)C(C=O)O1. The van der Waals surface area contributed by atoms with Gasteiger partial charge in [-0.2, -0.15) is 0 Å². The predicted molar refractivity (Wildman–Crippen MR) is 67.0 cm³/mol. The van der Waals surface area contributed by atoms with Gasteiger partial charge in [0.05, 0.1) is 0 Å². The summed E-state index contributed by atoms with van der Waals surface area (Å²) in [4.78, 5) is 15.6. The molecule has 0 N–H and O–H groups in total. The van der Waals surface area contributed by atoms with Crippen molar-refractivity contribution in [3.05, 3.63) is 48.0 Å². The number of aliphatic imine (C=N–C) groups is 1. The molecule has 1 heterocycles. The fourth-order valence-electron chi connectivity index (χ4n) is 1.90. The maximum absolute atomic E-state index is 11.1.